The van der Waals surface area contributed by atoms with E-state index in [2.05, 4.69) is 15.7 Å². The maximum atomic E-state index is 13.0. The standard InChI is InChI=1S/C26H29ClF3N5O4/c1-3-5-11-18(39-25(37)32-17-10-8-9-16(14-17)26(28,29)30)15-35-22(31)21(24(36)38-4-2)23(34-35)33-20-13-7-6-12-19(20)27/h6-10,12-14,18H,3-5,11,15,31H2,1-2H3,(H,32,37)(H,33,34). The van der Waals surface area contributed by atoms with Gasteiger partial charge in [0.15, 0.2) is 5.82 Å². The highest BCUT2D eigenvalue weighted by atomic mass is 35.5. The predicted octanol–water partition coefficient (Wildman–Crippen LogP) is 6.87. The van der Waals surface area contributed by atoms with E-state index in [1.807, 2.05) is 6.92 Å². The Morgan fingerprint density at radius 3 is 2.56 bits per heavy atom. The van der Waals surface area contributed by atoms with Crippen molar-refractivity contribution in [1.29, 1.82) is 0 Å². The van der Waals surface area contributed by atoms with Crippen LogP contribution >= 0.6 is 11.6 Å². The lowest BCUT2D eigenvalue weighted by atomic mass is 10.1. The van der Waals surface area contributed by atoms with Crippen molar-refractivity contribution in [2.24, 2.45) is 0 Å². The van der Waals surface area contributed by atoms with Gasteiger partial charge in [-0.05, 0) is 50.1 Å². The fraction of sp³-hybridized carbons (Fsp3) is 0.346. The Balaban J connectivity index is 1.84. The molecule has 0 spiro atoms. The molecule has 0 aliphatic rings. The molecule has 1 unspecified atom stereocenters. The number of alkyl halides is 3. The van der Waals surface area contributed by atoms with Crippen LogP contribution in [-0.4, -0.2) is 34.6 Å². The van der Waals surface area contributed by atoms with Gasteiger partial charge in [-0.25, -0.2) is 14.3 Å². The van der Waals surface area contributed by atoms with Gasteiger partial charge in [0, 0.05) is 5.69 Å². The third-order valence-corrected chi connectivity index (χ3v) is 5.89. The lowest BCUT2D eigenvalue weighted by Gasteiger charge is -2.19. The molecule has 1 heterocycles. The van der Waals surface area contributed by atoms with Crippen molar-refractivity contribution in [3.05, 3.63) is 64.7 Å². The monoisotopic (exact) mass is 567 g/mol. The Labute approximate surface area is 228 Å². The Morgan fingerprint density at radius 2 is 1.90 bits per heavy atom. The van der Waals surface area contributed by atoms with Crippen LogP contribution in [0.15, 0.2) is 48.5 Å². The number of carbonyl (C=O) groups excluding carboxylic acids is 2. The van der Waals surface area contributed by atoms with E-state index in [4.69, 9.17) is 26.8 Å². The van der Waals surface area contributed by atoms with Crippen molar-refractivity contribution in [1.82, 2.24) is 9.78 Å². The van der Waals surface area contributed by atoms with Gasteiger partial charge in [-0.2, -0.15) is 18.3 Å². The number of halogens is 4. The first-order chi connectivity index (χ1) is 18.5. The van der Waals surface area contributed by atoms with Gasteiger partial charge in [0.25, 0.3) is 0 Å². The van der Waals surface area contributed by atoms with E-state index < -0.39 is 29.9 Å². The molecule has 13 heteroatoms. The number of esters is 1. The number of hydrogen-bond donors (Lipinski definition) is 3. The summed E-state index contributed by atoms with van der Waals surface area (Å²) in [6.07, 6.45) is -4.39. The summed E-state index contributed by atoms with van der Waals surface area (Å²) in [6.45, 7) is 3.68. The fourth-order valence-corrected chi connectivity index (χ4v) is 3.86. The topological polar surface area (TPSA) is 120 Å². The predicted molar refractivity (Wildman–Crippen MR) is 142 cm³/mol. The summed E-state index contributed by atoms with van der Waals surface area (Å²) in [5, 5.41) is 10.1. The number of rotatable bonds is 11. The highest BCUT2D eigenvalue weighted by Crippen LogP contribution is 2.32. The molecule has 0 aliphatic heterocycles. The molecule has 210 valence electrons. The van der Waals surface area contributed by atoms with E-state index >= 15 is 0 Å². The average molecular weight is 568 g/mol. The molecular formula is C26H29ClF3N5O4. The van der Waals surface area contributed by atoms with Crippen LogP contribution < -0.4 is 16.4 Å². The number of anilines is 4. The van der Waals surface area contributed by atoms with Crippen LogP contribution in [0.4, 0.5) is 41.0 Å². The quantitative estimate of drug-likeness (QED) is 0.216. The van der Waals surface area contributed by atoms with E-state index in [1.54, 1.807) is 31.2 Å². The van der Waals surface area contributed by atoms with Gasteiger partial charge in [-0.3, -0.25) is 5.32 Å². The zero-order valence-electron chi connectivity index (χ0n) is 21.3. The molecule has 1 amide bonds. The zero-order valence-corrected chi connectivity index (χ0v) is 22.1. The third-order valence-electron chi connectivity index (χ3n) is 5.56. The van der Waals surface area contributed by atoms with Crippen LogP contribution in [0.2, 0.25) is 5.02 Å². The largest absolute Gasteiger partial charge is 0.462 e. The smallest absolute Gasteiger partial charge is 0.416 e. The second-order valence-corrected chi connectivity index (χ2v) is 8.90. The minimum Gasteiger partial charge on any atom is -0.462 e. The molecule has 0 bridgehead atoms. The third kappa shape index (κ3) is 8.03. The molecule has 3 rings (SSSR count). The summed E-state index contributed by atoms with van der Waals surface area (Å²) >= 11 is 6.24. The number of nitrogens with two attached hydrogens (primary N) is 1. The minimum absolute atomic E-state index is 0.0144. The molecule has 0 saturated heterocycles. The molecule has 0 saturated carbocycles. The minimum atomic E-state index is -4.56. The first kappa shape index (κ1) is 29.6. The van der Waals surface area contributed by atoms with E-state index in [0.717, 1.165) is 18.6 Å². The number of para-hydroxylation sites is 1. The summed E-state index contributed by atoms with van der Waals surface area (Å²) in [5.74, 6) is -0.628. The van der Waals surface area contributed by atoms with Gasteiger partial charge in [-0.15, -0.1) is 0 Å². The summed E-state index contributed by atoms with van der Waals surface area (Å²) in [5.41, 5.74) is 5.77. The Hall–Kier alpha value is -3.93. The molecule has 0 fully saturated rings. The number of amides is 1. The second-order valence-electron chi connectivity index (χ2n) is 8.49. The van der Waals surface area contributed by atoms with Crippen LogP contribution in [0, 0.1) is 0 Å². The maximum absolute atomic E-state index is 13.0. The van der Waals surface area contributed by atoms with E-state index in [1.165, 1.54) is 16.8 Å². The van der Waals surface area contributed by atoms with Gasteiger partial charge in [0.2, 0.25) is 0 Å². The van der Waals surface area contributed by atoms with Gasteiger partial charge in [-0.1, -0.05) is 43.1 Å². The molecule has 1 aromatic heterocycles. The lowest BCUT2D eigenvalue weighted by Crippen LogP contribution is -2.28. The van der Waals surface area contributed by atoms with Gasteiger partial charge in [0.1, 0.15) is 17.5 Å². The molecular weight excluding hydrogens is 539 g/mol. The number of benzene rings is 2. The summed E-state index contributed by atoms with van der Waals surface area (Å²) in [7, 11) is 0. The van der Waals surface area contributed by atoms with E-state index in [9.17, 15) is 22.8 Å². The van der Waals surface area contributed by atoms with Crippen molar-refractivity contribution in [3.63, 3.8) is 0 Å². The van der Waals surface area contributed by atoms with Crippen molar-refractivity contribution < 1.29 is 32.2 Å². The number of nitrogen functional groups attached to an aromatic ring is 1. The molecule has 0 aliphatic carbocycles. The van der Waals surface area contributed by atoms with Gasteiger partial charge in [0.05, 0.1) is 29.4 Å². The lowest BCUT2D eigenvalue weighted by molar-refractivity contribution is -0.137. The number of carbonyl (C=O) groups is 2. The first-order valence-corrected chi connectivity index (χ1v) is 12.6. The van der Waals surface area contributed by atoms with E-state index in [0.29, 0.717) is 23.6 Å². The zero-order chi connectivity index (χ0) is 28.6. The van der Waals surface area contributed by atoms with Crippen molar-refractivity contribution >= 4 is 46.7 Å². The number of nitrogens with one attached hydrogen (secondary N) is 2. The van der Waals surface area contributed by atoms with Crippen LogP contribution in [-0.2, 0) is 22.2 Å². The molecule has 39 heavy (non-hydrogen) atoms. The Bertz CT molecular complexity index is 1300. The number of aromatic nitrogens is 2. The SMILES string of the molecule is CCCCC(Cn1nc(Nc2ccccc2Cl)c(C(=O)OCC)c1N)OC(=O)Nc1cccc(C(F)(F)F)c1. The van der Waals surface area contributed by atoms with Crippen LogP contribution in [0.3, 0.4) is 0 Å². The van der Waals surface area contributed by atoms with Crippen LogP contribution in [0.25, 0.3) is 0 Å². The molecule has 4 N–H and O–H groups in total. The molecule has 2 aromatic carbocycles. The van der Waals surface area contributed by atoms with Crippen molar-refractivity contribution in [3.8, 4) is 0 Å². The van der Waals surface area contributed by atoms with Crippen molar-refractivity contribution in [2.75, 3.05) is 23.0 Å². The van der Waals surface area contributed by atoms with Crippen LogP contribution in [0.1, 0.15) is 49.0 Å². The van der Waals surface area contributed by atoms with Gasteiger partial charge >= 0.3 is 18.2 Å². The molecule has 9 nitrogen and oxygen atoms in total. The van der Waals surface area contributed by atoms with Gasteiger partial charge < -0.3 is 20.5 Å². The van der Waals surface area contributed by atoms with E-state index in [-0.39, 0.29) is 36.0 Å². The second kappa shape index (κ2) is 13.2. The molecule has 0 radical (unpaired) electrons. The number of ether oxygens (including phenoxy) is 2. The normalized spacial score (nSPS) is 12.1. The van der Waals surface area contributed by atoms with Crippen LogP contribution in [0.5, 0.6) is 0 Å². The fourth-order valence-electron chi connectivity index (χ4n) is 3.68. The summed E-state index contributed by atoms with van der Waals surface area (Å²) in [4.78, 5) is 25.3. The Kier molecular flexibility index (Phi) is 10.0. The average Bonchev–Trinajstić information content (AvgIpc) is 3.18. The number of unbranched alkanes of at least 4 members (excludes halogenated alkanes) is 1. The summed E-state index contributed by atoms with van der Waals surface area (Å²) in [6, 6.07) is 11.1. The molecule has 3 aromatic rings. The first-order valence-electron chi connectivity index (χ1n) is 12.2. The number of nitrogens with zero attached hydrogens (tertiary/aromatic N) is 2. The highest BCUT2D eigenvalue weighted by molar-refractivity contribution is 6.33. The van der Waals surface area contributed by atoms with Crippen molar-refractivity contribution in [2.45, 2.75) is 51.9 Å². The maximum Gasteiger partial charge on any atom is 0.416 e. The Morgan fingerprint density at radius 1 is 1.15 bits per heavy atom. The summed E-state index contributed by atoms with van der Waals surface area (Å²) < 4.78 is 51.1. The number of hydrogen-bond acceptors (Lipinski definition) is 7. The highest BCUT2D eigenvalue weighted by Gasteiger charge is 2.31. The molecule has 1 atom stereocenters.